The van der Waals surface area contributed by atoms with Gasteiger partial charge in [-0.05, 0) is 31.8 Å². The summed E-state index contributed by atoms with van der Waals surface area (Å²) in [4.78, 5) is 13.0. The van der Waals surface area contributed by atoms with Crippen molar-refractivity contribution in [2.45, 2.75) is 69.8 Å². The summed E-state index contributed by atoms with van der Waals surface area (Å²) in [7, 11) is 0.751. The molecule has 1 aliphatic rings. The van der Waals surface area contributed by atoms with Gasteiger partial charge in [0.1, 0.15) is 17.8 Å². The van der Waals surface area contributed by atoms with E-state index in [0.29, 0.717) is 0 Å². The van der Waals surface area contributed by atoms with Crippen molar-refractivity contribution in [3.05, 3.63) is 53.3 Å². The molecule has 9 heteroatoms. The highest BCUT2D eigenvalue weighted by Crippen LogP contribution is 2.48. The van der Waals surface area contributed by atoms with Gasteiger partial charge in [-0.1, -0.05) is 44.2 Å². The largest absolute Gasteiger partial charge is 0.457 e. The molecular formula is C23H29F3O6. The zero-order valence-electron chi connectivity index (χ0n) is 18.6. The van der Waals surface area contributed by atoms with Crippen molar-refractivity contribution in [3.63, 3.8) is 0 Å². The number of halogens is 3. The van der Waals surface area contributed by atoms with Crippen molar-refractivity contribution in [1.29, 1.82) is 0 Å². The first kappa shape index (κ1) is 26.1. The first-order valence-corrected chi connectivity index (χ1v) is 10.1. The van der Waals surface area contributed by atoms with Crippen molar-refractivity contribution in [2.75, 3.05) is 7.11 Å². The van der Waals surface area contributed by atoms with Crippen LogP contribution in [0.2, 0.25) is 0 Å². The molecule has 1 aliphatic carbocycles. The summed E-state index contributed by atoms with van der Waals surface area (Å²) in [6.07, 6.45) is -8.06. The summed E-state index contributed by atoms with van der Waals surface area (Å²) in [6, 6.07) is 6.34. The molecule has 0 aliphatic heterocycles. The Morgan fingerprint density at radius 3 is 2.28 bits per heavy atom. The number of esters is 1. The Hall–Kier alpha value is -2.16. The topological polar surface area (TPSA) is 96.2 Å². The second kappa shape index (κ2) is 9.00. The number of aliphatic hydroxyl groups is 3. The number of rotatable bonds is 5. The number of ether oxygens (including phenoxy) is 2. The molecule has 0 aromatic heterocycles. The lowest BCUT2D eigenvalue weighted by Crippen LogP contribution is -2.60. The molecule has 178 valence electrons. The summed E-state index contributed by atoms with van der Waals surface area (Å²) in [5.41, 5.74) is -3.80. The summed E-state index contributed by atoms with van der Waals surface area (Å²) in [5, 5.41) is 31.2. The Bertz CT molecular complexity index is 885. The van der Waals surface area contributed by atoms with E-state index in [1.165, 1.54) is 38.1 Å². The number of hydrogen-bond acceptors (Lipinski definition) is 6. The maximum Gasteiger partial charge on any atom is 0.432 e. The number of carbonyl (C=O) groups excluding carboxylic acids is 1. The highest BCUT2D eigenvalue weighted by atomic mass is 19.4. The second-order valence-corrected chi connectivity index (χ2v) is 8.80. The van der Waals surface area contributed by atoms with E-state index in [4.69, 9.17) is 9.47 Å². The minimum absolute atomic E-state index is 0.0987. The van der Waals surface area contributed by atoms with Crippen LogP contribution in [0.1, 0.15) is 39.7 Å². The standard InChI is InChI=1S/C23H29F3O6/c1-14(27)11-12-17-20(2,3)13-16(18(28)21(17,4)30)32-19(29)22(31-5,23(24,25)26)15-9-7-6-8-10-15/h6-11,14,16,18,27-28,30H,13H2,1-5H3/t12?,14-,16+,18-,21+,22+/m1/s1. The van der Waals surface area contributed by atoms with Gasteiger partial charge in [-0.15, -0.1) is 5.73 Å². The number of alkyl halides is 3. The molecule has 1 aromatic rings. The SMILES string of the molecule is CO[C@](C(=O)O[C@H]1CC(C)(C)C(=C=C[C@@H](C)O)[C@](C)(O)[C@@H]1O)(c1ccccc1)C(F)(F)F. The van der Waals surface area contributed by atoms with Gasteiger partial charge in [0.25, 0.3) is 5.60 Å². The van der Waals surface area contributed by atoms with E-state index in [1.54, 1.807) is 13.8 Å². The molecule has 0 bridgehead atoms. The second-order valence-electron chi connectivity index (χ2n) is 8.80. The van der Waals surface area contributed by atoms with E-state index in [9.17, 15) is 33.3 Å². The van der Waals surface area contributed by atoms with E-state index >= 15 is 0 Å². The highest BCUT2D eigenvalue weighted by molar-refractivity contribution is 5.83. The number of hydrogen-bond donors (Lipinski definition) is 3. The van der Waals surface area contributed by atoms with E-state index in [1.807, 2.05) is 0 Å². The number of aliphatic hydroxyl groups excluding tert-OH is 2. The fourth-order valence-electron chi connectivity index (χ4n) is 4.17. The average Bonchev–Trinajstić information content (AvgIpc) is 2.66. The van der Waals surface area contributed by atoms with Crippen LogP contribution in [0.25, 0.3) is 0 Å². The Kier molecular flexibility index (Phi) is 7.34. The van der Waals surface area contributed by atoms with Crippen LogP contribution in [0.4, 0.5) is 13.2 Å². The Morgan fingerprint density at radius 1 is 1.25 bits per heavy atom. The third-order valence-electron chi connectivity index (χ3n) is 5.72. The van der Waals surface area contributed by atoms with Gasteiger partial charge in [-0.25, -0.2) is 4.79 Å². The molecule has 1 aromatic carbocycles. The third kappa shape index (κ3) is 4.63. The van der Waals surface area contributed by atoms with Crippen molar-refractivity contribution >= 4 is 5.97 Å². The first-order valence-electron chi connectivity index (χ1n) is 10.1. The molecule has 6 nitrogen and oxygen atoms in total. The van der Waals surface area contributed by atoms with Crippen molar-refractivity contribution in [2.24, 2.45) is 5.41 Å². The fraction of sp³-hybridized carbons (Fsp3) is 0.565. The maximum absolute atomic E-state index is 14.1. The van der Waals surface area contributed by atoms with Crippen LogP contribution < -0.4 is 0 Å². The fourth-order valence-corrected chi connectivity index (χ4v) is 4.17. The van der Waals surface area contributed by atoms with Gasteiger partial charge in [-0.2, -0.15) is 13.2 Å². The Labute approximate surface area is 185 Å². The maximum atomic E-state index is 14.1. The van der Waals surface area contributed by atoms with Crippen LogP contribution in [0.5, 0.6) is 0 Å². The molecule has 1 saturated carbocycles. The van der Waals surface area contributed by atoms with Crippen LogP contribution in [-0.2, 0) is 19.9 Å². The van der Waals surface area contributed by atoms with E-state index < -0.39 is 52.6 Å². The quantitative estimate of drug-likeness (QED) is 0.464. The molecule has 0 unspecified atom stereocenters. The lowest BCUT2D eigenvalue weighted by Gasteiger charge is -2.48. The molecule has 0 saturated heterocycles. The van der Waals surface area contributed by atoms with Crippen molar-refractivity contribution in [1.82, 2.24) is 0 Å². The number of methoxy groups -OCH3 is 1. The van der Waals surface area contributed by atoms with E-state index in [0.717, 1.165) is 19.2 Å². The zero-order valence-corrected chi connectivity index (χ0v) is 18.6. The first-order chi connectivity index (χ1) is 14.6. The lowest BCUT2D eigenvalue weighted by molar-refractivity contribution is -0.282. The highest BCUT2D eigenvalue weighted by Gasteiger charge is 2.65. The summed E-state index contributed by atoms with van der Waals surface area (Å²) in [6.45, 7) is 6.06. The van der Waals surface area contributed by atoms with Crippen LogP contribution in [0.15, 0.2) is 47.7 Å². The molecular weight excluding hydrogens is 429 g/mol. The molecule has 0 heterocycles. The van der Waals surface area contributed by atoms with Gasteiger partial charge in [0.05, 0.1) is 6.10 Å². The summed E-state index contributed by atoms with van der Waals surface area (Å²) < 4.78 is 52.3. The minimum Gasteiger partial charge on any atom is -0.457 e. The van der Waals surface area contributed by atoms with Gasteiger partial charge < -0.3 is 24.8 Å². The number of carbonyl (C=O) groups is 1. The minimum atomic E-state index is -5.16. The zero-order chi connectivity index (χ0) is 24.5. The van der Waals surface area contributed by atoms with Gasteiger partial charge in [0.2, 0.25) is 0 Å². The number of benzene rings is 1. The third-order valence-corrected chi connectivity index (χ3v) is 5.72. The van der Waals surface area contributed by atoms with Crippen molar-refractivity contribution < 1.29 is 42.8 Å². The monoisotopic (exact) mass is 458 g/mol. The molecule has 1 fully saturated rings. The van der Waals surface area contributed by atoms with E-state index in [-0.39, 0.29) is 12.0 Å². The molecule has 3 N–H and O–H groups in total. The van der Waals surface area contributed by atoms with E-state index in [2.05, 4.69) is 5.73 Å². The van der Waals surface area contributed by atoms with Crippen molar-refractivity contribution in [3.8, 4) is 0 Å². The summed E-state index contributed by atoms with van der Waals surface area (Å²) in [5.74, 6) is -1.75. The molecule has 0 amide bonds. The molecule has 5 atom stereocenters. The molecule has 2 rings (SSSR count). The predicted molar refractivity (Wildman–Crippen MR) is 109 cm³/mol. The Balaban J connectivity index is 2.49. The van der Waals surface area contributed by atoms with Gasteiger partial charge >= 0.3 is 12.1 Å². The van der Waals surface area contributed by atoms with Gasteiger partial charge in [-0.3, -0.25) is 0 Å². The Morgan fingerprint density at radius 2 is 1.81 bits per heavy atom. The van der Waals surface area contributed by atoms with Crippen LogP contribution in [-0.4, -0.2) is 58.5 Å². The van der Waals surface area contributed by atoms with Gasteiger partial charge in [0, 0.05) is 18.2 Å². The molecule has 0 radical (unpaired) electrons. The van der Waals surface area contributed by atoms with Crippen LogP contribution >= 0.6 is 0 Å². The normalized spacial score (nSPS) is 28.3. The molecule has 0 spiro atoms. The smallest absolute Gasteiger partial charge is 0.432 e. The summed E-state index contributed by atoms with van der Waals surface area (Å²) >= 11 is 0. The van der Waals surface area contributed by atoms with Crippen LogP contribution in [0, 0.1) is 5.41 Å². The predicted octanol–water partition coefficient (Wildman–Crippen LogP) is 3.01. The average molecular weight is 458 g/mol. The molecule has 32 heavy (non-hydrogen) atoms. The lowest BCUT2D eigenvalue weighted by atomic mass is 9.64. The van der Waals surface area contributed by atoms with Crippen LogP contribution in [0.3, 0.4) is 0 Å². The van der Waals surface area contributed by atoms with Gasteiger partial charge in [0.15, 0.2) is 0 Å².